The molecule has 2 rings (SSSR count). The zero-order valence-corrected chi connectivity index (χ0v) is 14.4. The van der Waals surface area contributed by atoms with Crippen molar-refractivity contribution in [1.82, 2.24) is 0 Å². The molecule has 5 nitrogen and oxygen atoms in total. The minimum atomic E-state index is -4.11. The van der Waals surface area contributed by atoms with Gasteiger partial charge >= 0.3 is 5.97 Å². The van der Waals surface area contributed by atoms with E-state index >= 15 is 0 Å². The van der Waals surface area contributed by atoms with Crippen LogP contribution in [0.1, 0.15) is 12.8 Å². The van der Waals surface area contributed by atoms with Crippen molar-refractivity contribution in [2.24, 2.45) is 0 Å². The van der Waals surface area contributed by atoms with Gasteiger partial charge in [-0.05, 0) is 48.9 Å². The summed E-state index contributed by atoms with van der Waals surface area (Å²) in [5.74, 6) is -2.38. The maximum atomic E-state index is 13.4. The number of carboxylic acids is 1. The molecule has 0 heterocycles. The number of anilines is 1. The first-order valence-corrected chi connectivity index (χ1v) is 8.99. The van der Waals surface area contributed by atoms with E-state index in [1.807, 2.05) is 0 Å². The van der Waals surface area contributed by atoms with E-state index in [-0.39, 0.29) is 35.0 Å². The lowest BCUT2D eigenvalue weighted by molar-refractivity contribution is -0.137. The van der Waals surface area contributed by atoms with Crippen LogP contribution < -0.4 is 4.31 Å². The number of rotatable bonds is 7. The average Bonchev–Trinajstić information content (AvgIpc) is 2.54. The number of sulfonamides is 1. The molecule has 0 unspecified atom stereocenters. The number of hydrogen-bond acceptors (Lipinski definition) is 3. The van der Waals surface area contributed by atoms with Crippen LogP contribution in [-0.2, 0) is 14.8 Å². The van der Waals surface area contributed by atoms with Crippen molar-refractivity contribution >= 4 is 33.3 Å². The van der Waals surface area contributed by atoms with Crippen molar-refractivity contribution in [3.63, 3.8) is 0 Å². The van der Waals surface area contributed by atoms with E-state index in [2.05, 4.69) is 0 Å². The number of halogens is 3. The van der Waals surface area contributed by atoms with Gasteiger partial charge in [0.05, 0.1) is 15.6 Å². The number of carboxylic acid groups (broad SMARTS) is 1. The molecule has 1 N–H and O–H groups in total. The number of benzene rings is 2. The SMILES string of the molecule is O=C(O)CCCN(c1ccc(F)c(Cl)c1)S(=O)(=O)c1ccc(F)cc1. The summed E-state index contributed by atoms with van der Waals surface area (Å²) in [6.07, 6.45) is -0.213. The maximum Gasteiger partial charge on any atom is 0.303 e. The summed E-state index contributed by atoms with van der Waals surface area (Å²) >= 11 is 5.72. The highest BCUT2D eigenvalue weighted by Gasteiger charge is 2.25. The van der Waals surface area contributed by atoms with Crippen LogP contribution in [0.3, 0.4) is 0 Å². The summed E-state index contributed by atoms with van der Waals surface area (Å²) in [5, 5.41) is 8.48. The normalized spacial score (nSPS) is 11.3. The Balaban J connectivity index is 2.43. The van der Waals surface area contributed by atoms with E-state index in [1.165, 1.54) is 6.07 Å². The Morgan fingerprint density at radius 3 is 2.32 bits per heavy atom. The van der Waals surface area contributed by atoms with Gasteiger partial charge in [0, 0.05) is 13.0 Å². The van der Waals surface area contributed by atoms with Crippen molar-refractivity contribution < 1.29 is 27.1 Å². The molecule has 0 aromatic heterocycles. The summed E-state index contributed by atoms with van der Waals surface area (Å²) in [4.78, 5) is 10.5. The fourth-order valence-electron chi connectivity index (χ4n) is 2.14. The van der Waals surface area contributed by atoms with Crippen LogP contribution in [0.2, 0.25) is 5.02 Å². The highest BCUT2D eigenvalue weighted by Crippen LogP contribution is 2.28. The molecule has 134 valence electrons. The molecule has 2 aromatic carbocycles. The highest BCUT2D eigenvalue weighted by atomic mass is 35.5. The van der Waals surface area contributed by atoms with Crippen LogP contribution in [0.25, 0.3) is 0 Å². The van der Waals surface area contributed by atoms with Gasteiger partial charge in [-0.1, -0.05) is 11.6 Å². The second-order valence-electron chi connectivity index (χ2n) is 5.13. The molecule has 0 spiro atoms. The number of hydrogen-bond donors (Lipinski definition) is 1. The van der Waals surface area contributed by atoms with Gasteiger partial charge in [-0.15, -0.1) is 0 Å². The first-order valence-electron chi connectivity index (χ1n) is 7.17. The second kappa shape index (κ2) is 7.79. The zero-order chi connectivity index (χ0) is 18.6. The Hall–Kier alpha value is -2.19. The zero-order valence-electron chi connectivity index (χ0n) is 12.8. The first kappa shape index (κ1) is 19.1. The van der Waals surface area contributed by atoms with Gasteiger partial charge in [-0.25, -0.2) is 17.2 Å². The molecule has 0 atom stereocenters. The standard InChI is InChI=1S/C16H14ClF2NO4S/c17-14-10-12(5-8-15(14)19)20(9-1-2-16(21)22)25(23,24)13-6-3-11(18)4-7-13/h3-8,10H,1-2,9H2,(H,21,22). The topological polar surface area (TPSA) is 74.7 Å². The number of carbonyl (C=O) groups is 1. The van der Waals surface area contributed by atoms with Gasteiger partial charge in [0.25, 0.3) is 10.0 Å². The highest BCUT2D eigenvalue weighted by molar-refractivity contribution is 7.92. The van der Waals surface area contributed by atoms with E-state index < -0.39 is 27.6 Å². The van der Waals surface area contributed by atoms with Crippen LogP contribution in [-0.4, -0.2) is 26.0 Å². The molecule has 9 heteroatoms. The van der Waals surface area contributed by atoms with Crippen LogP contribution in [0.4, 0.5) is 14.5 Å². The largest absolute Gasteiger partial charge is 0.481 e. The third-order valence-electron chi connectivity index (χ3n) is 3.34. The molecule has 25 heavy (non-hydrogen) atoms. The van der Waals surface area contributed by atoms with Crippen molar-refractivity contribution in [2.45, 2.75) is 17.7 Å². The van der Waals surface area contributed by atoms with Crippen LogP contribution in [0.5, 0.6) is 0 Å². The van der Waals surface area contributed by atoms with Gasteiger partial charge in [0.1, 0.15) is 11.6 Å². The summed E-state index contributed by atoms with van der Waals surface area (Å²) in [6, 6.07) is 7.57. The van der Waals surface area contributed by atoms with Crippen molar-refractivity contribution in [2.75, 3.05) is 10.8 Å². The third kappa shape index (κ3) is 4.67. The van der Waals surface area contributed by atoms with Crippen molar-refractivity contribution in [3.05, 3.63) is 59.1 Å². The first-order chi connectivity index (χ1) is 11.7. The van der Waals surface area contributed by atoms with E-state index in [9.17, 15) is 22.0 Å². The summed E-state index contributed by atoms with van der Waals surface area (Å²) in [5.41, 5.74) is 0.0844. The van der Waals surface area contributed by atoms with Gasteiger partial charge in [0.15, 0.2) is 0 Å². The molecular weight excluding hydrogens is 376 g/mol. The summed E-state index contributed by atoms with van der Waals surface area (Å²) in [7, 11) is -4.11. The lowest BCUT2D eigenvalue weighted by atomic mass is 10.2. The summed E-state index contributed by atoms with van der Waals surface area (Å²) < 4.78 is 53.0. The van der Waals surface area contributed by atoms with Crippen molar-refractivity contribution in [1.29, 1.82) is 0 Å². The molecule has 0 bridgehead atoms. The monoisotopic (exact) mass is 389 g/mol. The quantitative estimate of drug-likeness (QED) is 0.783. The Bertz CT molecular complexity index is 872. The maximum absolute atomic E-state index is 13.4. The molecule has 0 saturated carbocycles. The van der Waals surface area contributed by atoms with E-state index in [4.69, 9.17) is 16.7 Å². The Morgan fingerprint density at radius 1 is 1.12 bits per heavy atom. The molecule has 0 radical (unpaired) electrons. The van der Waals surface area contributed by atoms with Crippen molar-refractivity contribution in [3.8, 4) is 0 Å². The lowest BCUT2D eigenvalue weighted by Crippen LogP contribution is -2.32. The fourth-order valence-corrected chi connectivity index (χ4v) is 3.81. The predicted octanol–water partition coefficient (Wildman–Crippen LogP) is 3.68. The predicted molar refractivity (Wildman–Crippen MR) is 89.2 cm³/mol. The van der Waals surface area contributed by atoms with Gasteiger partial charge in [0.2, 0.25) is 0 Å². The molecule has 0 fully saturated rings. The number of aliphatic carboxylic acids is 1. The smallest absolute Gasteiger partial charge is 0.303 e. The van der Waals surface area contributed by atoms with Crippen LogP contribution in [0, 0.1) is 11.6 Å². The Kier molecular flexibility index (Phi) is 5.97. The van der Waals surface area contributed by atoms with Gasteiger partial charge < -0.3 is 5.11 Å². The molecular formula is C16H14ClF2NO4S. The van der Waals surface area contributed by atoms with E-state index in [0.717, 1.165) is 40.7 Å². The molecule has 0 saturated heterocycles. The Morgan fingerprint density at radius 2 is 1.76 bits per heavy atom. The summed E-state index contributed by atoms with van der Waals surface area (Å²) in [6.45, 7) is -0.159. The van der Waals surface area contributed by atoms with Crippen LogP contribution >= 0.6 is 11.6 Å². The number of nitrogens with zero attached hydrogens (tertiary/aromatic N) is 1. The molecule has 0 aliphatic heterocycles. The van der Waals surface area contributed by atoms with E-state index in [1.54, 1.807) is 0 Å². The molecule has 2 aromatic rings. The van der Waals surface area contributed by atoms with Gasteiger partial charge in [-0.3, -0.25) is 9.10 Å². The molecule has 0 aliphatic carbocycles. The van der Waals surface area contributed by atoms with Gasteiger partial charge in [-0.2, -0.15) is 0 Å². The second-order valence-corrected chi connectivity index (χ2v) is 7.40. The third-order valence-corrected chi connectivity index (χ3v) is 5.48. The average molecular weight is 390 g/mol. The van der Waals surface area contributed by atoms with Crippen LogP contribution in [0.15, 0.2) is 47.4 Å². The van der Waals surface area contributed by atoms with E-state index in [0.29, 0.717) is 0 Å². The minimum absolute atomic E-state index is 0.0325. The lowest BCUT2D eigenvalue weighted by Gasteiger charge is -2.24. The Labute approximate surface area is 148 Å². The fraction of sp³-hybridized carbons (Fsp3) is 0.188. The molecule has 0 amide bonds. The molecule has 0 aliphatic rings. The minimum Gasteiger partial charge on any atom is -0.481 e.